The summed E-state index contributed by atoms with van der Waals surface area (Å²) < 4.78 is 0. The zero-order valence-corrected chi connectivity index (χ0v) is 10.2. The first kappa shape index (κ1) is 14.9. The molecule has 0 aliphatic rings. The number of amides is 2. The highest BCUT2D eigenvalue weighted by Gasteiger charge is 2.13. The number of nitrogens with one attached hydrogen (secondary N) is 4. The van der Waals surface area contributed by atoms with Gasteiger partial charge in [0.1, 0.15) is 0 Å². The van der Waals surface area contributed by atoms with Crippen molar-refractivity contribution in [2.24, 2.45) is 0 Å². The summed E-state index contributed by atoms with van der Waals surface area (Å²) in [6.07, 6.45) is 1.48. The van der Waals surface area contributed by atoms with Crippen LogP contribution < -0.4 is 21.3 Å². The Morgan fingerprint density at radius 1 is 1.19 bits per heavy atom. The van der Waals surface area contributed by atoms with Gasteiger partial charge in [-0.3, -0.25) is 9.59 Å². The molecule has 0 aliphatic heterocycles. The van der Waals surface area contributed by atoms with E-state index in [1.807, 2.05) is 0 Å². The van der Waals surface area contributed by atoms with Gasteiger partial charge >= 0.3 is 0 Å². The predicted octanol–water partition coefficient (Wildman–Crippen LogP) is -1.56. The molecule has 94 valence electrons. The number of rotatable bonds is 8. The van der Waals surface area contributed by atoms with Gasteiger partial charge in [0.2, 0.25) is 11.8 Å². The normalized spacial score (nSPS) is 11.9. The third-order valence-corrected chi connectivity index (χ3v) is 2.24. The molecule has 0 saturated carbocycles. The highest BCUT2D eigenvalue weighted by Crippen LogP contribution is 1.95. The van der Waals surface area contributed by atoms with E-state index in [2.05, 4.69) is 21.3 Å². The van der Waals surface area contributed by atoms with Crippen LogP contribution in [0.1, 0.15) is 12.8 Å². The minimum Gasteiger partial charge on any atom is -0.358 e. The lowest BCUT2D eigenvalue weighted by Crippen LogP contribution is -2.41. The van der Waals surface area contributed by atoms with E-state index in [0.717, 1.165) is 6.42 Å². The van der Waals surface area contributed by atoms with Crippen LogP contribution in [0, 0.1) is 0 Å². The molecule has 0 aromatic heterocycles. The molecule has 4 N–H and O–H groups in total. The van der Waals surface area contributed by atoms with Crippen molar-refractivity contribution < 1.29 is 9.59 Å². The Kier molecular flexibility index (Phi) is 8.46. The minimum atomic E-state index is -0.189. The maximum absolute atomic E-state index is 11.3. The van der Waals surface area contributed by atoms with Crippen molar-refractivity contribution in [3.63, 3.8) is 0 Å². The predicted molar refractivity (Wildman–Crippen MR) is 63.1 cm³/mol. The van der Waals surface area contributed by atoms with E-state index in [1.165, 1.54) is 0 Å². The molecule has 16 heavy (non-hydrogen) atoms. The van der Waals surface area contributed by atoms with Crippen LogP contribution in [0.15, 0.2) is 0 Å². The lowest BCUT2D eigenvalue weighted by molar-refractivity contribution is -0.122. The van der Waals surface area contributed by atoms with E-state index in [-0.39, 0.29) is 17.9 Å². The minimum absolute atomic E-state index is 0.0240. The van der Waals surface area contributed by atoms with Gasteiger partial charge < -0.3 is 21.3 Å². The van der Waals surface area contributed by atoms with Gasteiger partial charge in [0.25, 0.3) is 0 Å². The van der Waals surface area contributed by atoms with Gasteiger partial charge in [-0.25, -0.2) is 0 Å². The van der Waals surface area contributed by atoms with Gasteiger partial charge in [0.05, 0.1) is 12.6 Å². The fraction of sp³-hybridized carbons (Fsp3) is 0.800. The maximum Gasteiger partial charge on any atom is 0.236 e. The molecule has 0 spiro atoms. The number of carbonyl (C=O) groups is 2. The van der Waals surface area contributed by atoms with Crippen molar-refractivity contribution in [3.05, 3.63) is 0 Å². The van der Waals surface area contributed by atoms with E-state index in [1.54, 1.807) is 21.1 Å². The fourth-order valence-electron chi connectivity index (χ4n) is 1.34. The summed E-state index contributed by atoms with van der Waals surface area (Å²) in [5.74, 6) is -0.0486. The fourth-order valence-corrected chi connectivity index (χ4v) is 1.34. The number of likely N-dealkylation sites (N-methyl/N-ethyl adjacent to an activating group) is 3. The molecule has 0 radical (unpaired) electrons. The maximum atomic E-state index is 11.3. The number of carbonyl (C=O) groups excluding carboxylic acids is 2. The largest absolute Gasteiger partial charge is 0.358 e. The topological polar surface area (TPSA) is 82.3 Å². The molecule has 6 heteroatoms. The molecule has 0 aliphatic carbocycles. The second kappa shape index (κ2) is 9.11. The molecule has 1 atom stereocenters. The van der Waals surface area contributed by atoms with Crippen LogP contribution in [0.5, 0.6) is 0 Å². The quantitative estimate of drug-likeness (QED) is 0.380. The first-order valence-corrected chi connectivity index (χ1v) is 5.45. The van der Waals surface area contributed by atoms with Gasteiger partial charge in [-0.2, -0.15) is 0 Å². The standard InChI is InChI=1S/C10H22N4O2/c1-11-7-9(15)14-6-4-5-8(12-2)10(16)13-3/h8,11-12H,4-7H2,1-3H3,(H,13,16)(H,14,15). The van der Waals surface area contributed by atoms with Crippen LogP contribution in [0.2, 0.25) is 0 Å². The summed E-state index contributed by atoms with van der Waals surface area (Å²) in [4.78, 5) is 22.4. The summed E-state index contributed by atoms with van der Waals surface area (Å²) in [5.41, 5.74) is 0. The van der Waals surface area contributed by atoms with Crippen LogP contribution >= 0.6 is 0 Å². The molecule has 2 amide bonds. The highest BCUT2D eigenvalue weighted by atomic mass is 16.2. The van der Waals surface area contributed by atoms with E-state index in [4.69, 9.17) is 0 Å². The lowest BCUT2D eigenvalue weighted by atomic mass is 10.1. The van der Waals surface area contributed by atoms with Gasteiger partial charge in [-0.15, -0.1) is 0 Å². The van der Waals surface area contributed by atoms with Crippen LogP contribution in [-0.4, -0.2) is 52.1 Å². The second-order valence-electron chi connectivity index (χ2n) is 3.48. The number of hydrogen-bond acceptors (Lipinski definition) is 4. The van der Waals surface area contributed by atoms with Gasteiger partial charge in [0, 0.05) is 13.6 Å². The average molecular weight is 230 g/mol. The van der Waals surface area contributed by atoms with Crippen LogP contribution in [0.4, 0.5) is 0 Å². The zero-order chi connectivity index (χ0) is 12.4. The first-order valence-electron chi connectivity index (χ1n) is 5.45. The molecular formula is C10H22N4O2. The highest BCUT2D eigenvalue weighted by molar-refractivity contribution is 5.81. The van der Waals surface area contributed by atoms with Crippen molar-refractivity contribution in [1.29, 1.82) is 0 Å². The SMILES string of the molecule is CNCC(=O)NCCCC(NC)C(=O)NC. The van der Waals surface area contributed by atoms with Gasteiger partial charge in [-0.05, 0) is 26.9 Å². The molecule has 0 aromatic rings. The first-order chi connectivity index (χ1) is 7.65. The molecule has 0 fully saturated rings. The van der Waals surface area contributed by atoms with E-state index >= 15 is 0 Å². The van der Waals surface area contributed by atoms with E-state index < -0.39 is 0 Å². The Labute approximate surface area is 96.5 Å². The molecule has 0 aromatic carbocycles. The van der Waals surface area contributed by atoms with E-state index in [9.17, 15) is 9.59 Å². The van der Waals surface area contributed by atoms with Crippen LogP contribution in [0.25, 0.3) is 0 Å². The van der Waals surface area contributed by atoms with Crippen molar-refractivity contribution >= 4 is 11.8 Å². The molecule has 0 rings (SSSR count). The Bertz CT molecular complexity index is 221. The van der Waals surface area contributed by atoms with Crippen molar-refractivity contribution in [2.75, 3.05) is 34.2 Å². The van der Waals surface area contributed by atoms with Crippen molar-refractivity contribution in [1.82, 2.24) is 21.3 Å². The summed E-state index contributed by atoms with van der Waals surface area (Å²) in [6, 6.07) is -0.189. The molecule has 6 nitrogen and oxygen atoms in total. The summed E-state index contributed by atoms with van der Waals surface area (Å²) in [6.45, 7) is 0.917. The van der Waals surface area contributed by atoms with Crippen LogP contribution in [0.3, 0.4) is 0 Å². The monoisotopic (exact) mass is 230 g/mol. The smallest absolute Gasteiger partial charge is 0.236 e. The second-order valence-corrected chi connectivity index (χ2v) is 3.48. The van der Waals surface area contributed by atoms with Crippen LogP contribution in [-0.2, 0) is 9.59 Å². The zero-order valence-electron chi connectivity index (χ0n) is 10.2. The average Bonchev–Trinajstić information content (AvgIpc) is 2.28. The van der Waals surface area contributed by atoms with E-state index in [0.29, 0.717) is 19.5 Å². The molecular weight excluding hydrogens is 208 g/mol. The Morgan fingerprint density at radius 2 is 1.88 bits per heavy atom. The molecule has 0 saturated heterocycles. The van der Waals surface area contributed by atoms with Gasteiger partial charge in [0.15, 0.2) is 0 Å². The Balaban J connectivity index is 3.63. The lowest BCUT2D eigenvalue weighted by Gasteiger charge is -2.14. The van der Waals surface area contributed by atoms with Crippen molar-refractivity contribution in [2.45, 2.75) is 18.9 Å². The summed E-state index contributed by atoms with van der Waals surface area (Å²) >= 11 is 0. The van der Waals surface area contributed by atoms with Crippen molar-refractivity contribution in [3.8, 4) is 0 Å². The van der Waals surface area contributed by atoms with Gasteiger partial charge in [-0.1, -0.05) is 0 Å². The summed E-state index contributed by atoms with van der Waals surface area (Å²) in [5, 5.41) is 11.0. The molecule has 0 heterocycles. The molecule has 1 unspecified atom stereocenters. The number of hydrogen-bond donors (Lipinski definition) is 4. The summed E-state index contributed by atoms with van der Waals surface area (Å²) in [7, 11) is 5.09. The third-order valence-electron chi connectivity index (χ3n) is 2.24. The third kappa shape index (κ3) is 6.36. The Hall–Kier alpha value is -1.14. The molecule has 0 bridgehead atoms. The Morgan fingerprint density at radius 3 is 2.38 bits per heavy atom.